The second-order valence-corrected chi connectivity index (χ2v) is 6.16. The van der Waals surface area contributed by atoms with Gasteiger partial charge in [0.15, 0.2) is 0 Å². The normalized spacial score (nSPS) is 15.7. The van der Waals surface area contributed by atoms with Crippen LogP contribution in [-0.4, -0.2) is 24.4 Å². The monoisotopic (exact) mass is 320 g/mol. The van der Waals surface area contributed by atoms with Crippen LogP contribution >= 0.6 is 0 Å². The predicted octanol–water partition coefficient (Wildman–Crippen LogP) is 2.71. The maximum atomic E-state index is 12.8. The first-order valence-corrected chi connectivity index (χ1v) is 8.44. The zero-order valence-electron chi connectivity index (χ0n) is 13.4. The molecule has 2 N–H and O–H groups in total. The Labute approximate surface area is 136 Å². The van der Waals surface area contributed by atoms with Crippen LogP contribution < -0.4 is 10.6 Å². The molecule has 0 saturated heterocycles. The molecule has 0 spiro atoms. The van der Waals surface area contributed by atoms with E-state index in [4.69, 9.17) is 0 Å². The molecule has 1 saturated carbocycles. The van der Waals surface area contributed by atoms with E-state index in [-0.39, 0.29) is 30.1 Å². The zero-order chi connectivity index (χ0) is 16.5. The molecule has 0 bridgehead atoms. The van der Waals surface area contributed by atoms with Crippen LogP contribution in [0.1, 0.15) is 50.5 Å². The lowest BCUT2D eigenvalue weighted by atomic mass is 10.1. The smallest absolute Gasteiger partial charge is 0.229 e. The molecule has 2 rings (SSSR count). The molecular formula is C18H25FN2O2. The molecule has 1 aromatic carbocycles. The van der Waals surface area contributed by atoms with Gasteiger partial charge in [-0.2, -0.15) is 0 Å². The maximum Gasteiger partial charge on any atom is 0.229 e. The Balaban J connectivity index is 1.63. The average molecular weight is 320 g/mol. The van der Waals surface area contributed by atoms with Crippen molar-refractivity contribution in [1.29, 1.82) is 0 Å². The molecule has 2 amide bonds. The molecule has 1 aliphatic carbocycles. The minimum absolute atomic E-state index is 0.125. The second-order valence-electron chi connectivity index (χ2n) is 6.16. The van der Waals surface area contributed by atoms with Crippen molar-refractivity contribution < 1.29 is 14.0 Å². The number of rotatable bonds is 6. The Hall–Kier alpha value is -1.91. The summed E-state index contributed by atoms with van der Waals surface area (Å²) in [6.45, 7) is 0.446. The van der Waals surface area contributed by atoms with Crippen LogP contribution in [0.5, 0.6) is 0 Å². The molecule has 1 fully saturated rings. The summed E-state index contributed by atoms with van der Waals surface area (Å²) in [6, 6.07) is 6.41. The van der Waals surface area contributed by atoms with E-state index in [2.05, 4.69) is 10.6 Å². The van der Waals surface area contributed by atoms with Gasteiger partial charge in [-0.05, 0) is 37.0 Å². The van der Waals surface area contributed by atoms with E-state index in [1.165, 1.54) is 25.0 Å². The van der Waals surface area contributed by atoms with Crippen LogP contribution in [0.15, 0.2) is 24.3 Å². The molecule has 5 heteroatoms. The van der Waals surface area contributed by atoms with Crippen molar-refractivity contribution in [2.75, 3.05) is 6.54 Å². The third-order valence-corrected chi connectivity index (χ3v) is 4.19. The Kier molecular flexibility index (Phi) is 7.04. The van der Waals surface area contributed by atoms with Crippen molar-refractivity contribution in [3.8, 4) is 0 Å². The van der Waals surface area contributed by atoms with E-state index in [1.54, 1.807) is 12.1 Å². The van der Waals surface area contributed by atoms with Crippen molar-refractivity contribution in [1.82, 2.24) is 10.6 Å². The molecule has 0 aromatic heterocycles. The first-order valence-electron chi connectivity index (χ1n) is 8.44. The fraction of sp³-hybridized carbons (Fsp3) is 0.556. The number of carbonyl (C=O) groups excluding carboxylic acids is 2. The van der Waals surface area contributed by atoms with Gasteiger partial charge in [0.05, 0.1) is 0 Å². The third-order valence-electron chi connectivity index (χ3n) is 4.19. The third kappa shape index (κ3) is 6.80. The second kappa shape index (κ2) is 9.28. The van der Waals surface area contributed by atoms with Gasteiger partial charge >= 0.3 is 0 Å². The maximum absolute atomic E-state index is 12.8. The number of halogens is 1. The molecule has 0 radical (unpaired) electrons. The van der Waals surface area contributed by atoms with Crippen LogP contribution in [-0.2, 0) is 16.0 Å². The summed E-state index contributed by atoms with van der Waals surface area (Å²) in [7, 11) is 0. The van der Waals surface area contributed by atoms with Crippen molar-refractivity contribution in [3.63, 3.8) is 0 Å². The van der Waals surface area contributed by atoms with E-state index >= 15 is 0 Å². The fourth-order valence-electron chi connectivity index (χ4n) is 2.91. The highest BCUT2D eigenvalue weighted by Crippen LogP contribution is 2.17. The number of amides is 2. The van der Waals surface area contributed by atoms with Crippen molar-refractivity contribution in [2.45, 2.75) is 57.4 Å². The zero-order valence-corrected chi connectivity index (χ0v) is 13.4. The summed E-state index contributed by atoms with van der Waals surface area (Å²) in [5.41, 5.74) is 0.953. The van der Waals surface area contributed by atoms with Gasteiger partial charge in [-0.15, -0.1) is 0 Å². The van der Waals surface area contributed by atoms with Gasteiger partial charge in [-0.3, -0.25) is 9.59 Å². The summed E-state index contributed by atoms with van der Waals surface area (Å²) >= 11 is 0. The van der Waals surface area contributed by atoms with Gasteiger partial charge in [0.2, 0.25) is 11.8 Å². The first kappa shape index (κ1) is 17.4. The predicted molar refractivity (Wildman–Crippen MR) is 87.4 cm³/mol. The average Bonchev–Trinajstić information content (AvgIpc) is 2.77. The van der Waals surface area contributed by atoms with E-state index < -0.39 is 0 Å². The Morgan fingerprint density at radius 2 is 1.65 bits per heavy atom. The Bertz CT molecular complexity index is 508. The molecule has 0 heterocycles. The summed E-state index contributed by atoms with van der Waals surface area (Å²) in [5, 5.41) is 5.70. The van der Waals surface area contributed by atoms with E-state index in [0.717, 1.165) is 31.2 Å². The SMILES string of the molecule is O=C(CC(=O)NC1CCCCCC1)NCCc1ccc(F)cc1. The quantitative estimate of drug-likeness (QED) is 0.625. The Morgan fingerprint density at radius 3 is 2.30 bits per heavy atom. The minimum atomic E-state index is -0.270. The van der Waals surface area contributed by atoms with E-state index in [0.29, 0.717) is 13.0 Å². The highest BCUT2D eigenvalue weighted by Gasteiger charge is 2.16. The van der Waals surface area contributed by atoms with Crippen molar-refractivity contribution in [3.05, 3.63) is 35.6 Å². The summed E-state index contributed by atoms with van der Waals surface area (Å²) in [4.78, 5) is 23.7. The minimum Gasteiger partial charge on any atom is -0.355 e. The highest BCUT2D eigenvalue weighted by atomic mass is 19.1. The molecule has 1 aromatic rings. The summed E-state index contributed by atoms with van der Waals surface area (Å²) in [5.74, 6) is -0.734. The summed E-state index contributed by atoms with van der Waals surface area (Å²) in [6.07, 6.45) is 7.28. The van der Waals surface area contributed by atoms with Crippen LogP contribution in [0.4, 0.5) is 4.39 Å². The standard InChI is InChI=1S/C18H25FN2O2/c19-15-9-7-14(8-10-15)11-12-20-17(22)13-18(23)21-16-5-3-1-2-4-6-16/h7-10,16H,1-6,11-13H2,(H,20,22)(H,21,23). The lowest BCUT2D eigenvalue weighted by Crippen LogP contribution is -2.38. The molecule has 0 aliphatic heterocycles. The molecule has 23 heavy (non-hydrogen) atoms. The molecular weight excluding hydrogens is 295 g/mol. The fourth-order valence-corrected chi connectivity index (χ4v) is 2.91. The number of nitrogens with one attached hydrogen (secondary N) is 2. The number of carbonyl (C=O) groups is 2. The molecule has 0 unspecified atom stereocenters. The van der Waals surface area contributed by atoms with E-state index in [9.17, 15) is 14.0 Å². The first-order chi connectivity index (χ1) is 11.1. The number of benzene rings is 1. The summed E-state index contributed by atoms with van der Waals surface area (Å²) < 4.78 is 12.8. The largest absolute Gasteiger partial charge is 0.355 e. The van der Waals surface area contributed by atoms with Crippen LogP contribution in [0.3, 0.4) is 0 Å². The van der Waals surface area contributed by atoms with Gasteiger partial charge in [0, 0.05) is 12.6 Å². The van der Waals surface area contributed by atoms with Crippen LogP contribution in [0.25, 0.3) is 0 Å². The van der Waals surface area contributed by atoms with Gasteiger partial charge in [-0.1, -0.05) is 37.8 Å². The number of hydrogen-bond donors (Lipinski definition) is 2. The van der Waals surface area contributed by atoms with Gasteiger partial charge in [0.1, 0.15) is 12.2 Å². The molecule has 1 aliphatic rings. The molecule has 0 atom stereocenters. The van der Waals surface area contributed by atoms with Crippen LogP contribution in [0.2, 0.25) is 0 Å². The van der Waals surface area contributed by atoms with Gasteiger partial charge in [0.25, 0.3) is 0 Å². The van der Waals surface area contributed by atoms with Crippen molar-refractivity contribution >= 4 is 11.8 Å². The van der Waals surface area contributed by atoms with Crippen LogP contribution in [0, 0.1) is 5.82 Å². The lowest BCUT2D eigenvalue weighted by molar-refractivity contribution is -0.129. The van der Waals surface area contributed by atoms with Gasteiger partial charge < -0.3 is 10.6 Å². The lowest BCUT2D eigenvalue weighted by Gasteiger charge is -2.16. The van der Waals surface area contributed by atoms with E-state index in [1.807, 2.05) is 0 Å². The Morgan fingerprint density at radius 1 is 1.00 bits per heavy atom. The van der Waals surface area contributed by atoms with Gasteiger partial charge in [-0.25, -0.2) is 4.39 Å². The molecule has 126 valence electrons. The number of hydrogen-bond acceptors (Lipinski definition) is 2. The molecule has 4 nitrogen and oxygen atoms in total. The highest BCUT2D eigenvalue weighted by molar-refractivity contribution is 5.96. The van der Waals surface area contributed by atoms with Crippen molar-refractivity contribution in [2.24, 2.45) is 0 Å². The topological polar surface area (TPSA) is 58.2 Å².